The maximum atomic E-state index is 13.0. The second-order valence-electron chi connectivity index (χ2n) is 6.25. The van der Waals surface area contributed by atoms with Crippen molar-refractivity contribution in [3.63, 3.8) is 0 Å². The van der Waals surface area contributed by atoms with Crippen LogP contribution < -0.4 is 14.2 Å². The van der Waals surface area contributed by atoms with E-state index in [1.165, 1.54) is 12.1 Å². The van der Waals surface area contributed by atoms with Crippen molar-refractivity contribution >= 4 is 11.9 Å². The highest BCUT2D eigenvalue weighted by molar-refractivity contribution is 6.14. The molecule has 0 radical (unpaired) electrons. The number of ketones is 1. The van der Waals surface area contributed by atoms with Crippen LogP contribution in [0.3, 0.4) is 0 Å². The van der Waals surface area contributed by atoms with Crippen molar-refractivity contribution in [3.05, 3.63) is 95.0 Å². The van der Waals surface area contributed by atoms with Gasteiger partial charge in [0.25, 0.3) is 0 Å². The zero-order valence-corrected chi connectivity index (χ0v) is 15.1. The van der Waals surface area contributed by atoms with E-state index in [2.05, 4.69) is 0 Å². The summed E-state index contributed by atoms with van der Waals surface area (Å²) in [6, 6.07) is 18.6. The molecule has 1 aliphatic heterocycles. The first-order chi connectivity index (χ1) is 13.6. The molecule has 4 nitrogen and oxygen atoms in total. The Bertz CT molecular complexity index is 1050. The summed E-state index contributed by atoms with van der Waals surface area (Å²) in [4.78, 5) is 12.6. The van der Waals surface area contributed by atoms with Gasteiger partial charge < -0.3 is 14.2 Å². The number of allylic oxidation sites excluding steroid dienone is 1. The summed E-state index contributed by atoms with van der Waals surface area (Å²) in [6.07, 6.45) is 1.67. The highest BCUT2D eigenvalue weighted by Gasteiger charge is 2.28. The van der Waals surface area contributed by atoms with Gasteiger partial charge in [-0.05, 0) is 42.0 Å². The minimum Gasteiger partial charge on any atom is -0.496 e. The van der Waals surface area contributed by atoms with E-state index in [1.54, 1.807) is 43.5 Å². The Morgan fingerprint density at radius 3 is 2.61 bits per heavy atom. The number of Topliss-reactive ketones (excluding diaryl/α,β-unsaturated/α-hetero) is 1. The molecule has 1 aliphatic rings. The van der Waals surface area contributed by atoms with Gasteiger partial charge in [0, 0.05) is 11.6 Å². The number of hydrogen-bond acceptors (Lipinski definition) is 4. The predicted octanol–water partition coefficient (Wildman–Crippen LogP) is 5.03. The zero-order valence-electron chi connectivity index (χ0n) is 15.1. The van der Waals surface area contributed by atoms with Crippen LogP contribution in [0.2, 0.25) is 0 Å². The number of rotatable bonds is 5. The fourth-order valence-corrected chi connectivity index (χ4v) is 2.93. The van der Waals surface area contributed by atoms with Crippen molar-refractivity contribution in [2.75, 3.05) is 7.11 Å². The normalized spacial score (nSPS) is 13.9. The number of ether oxygens (including phenoxy) is 3. The molecule has 3 aromatic rings. The van der Waals surface area contributed by atoms with Crippen molar-refractivity contribution in [2.24, 2.45) is 0 Å². The van der Waals surface area contributed by atoms with E-state index >= 15 is 0 Å². The number of carbonyl (C=O) groups excluding carboxylic acids is 1. The van der Waals surface area contributed by atoms with Crippen molar-refractivity contribution < 1.29 is 23.4 Å². The Balaban J connectivity index is 1.52. The third-order valence-corrected chi connectivity index (χ3v) is 4.39. The first-order valence-electron chi connectivity index (χ1n) is 8.72. The molecule has 0 bridgehead atoms. The monoisotopic (exact) mass is 376 g/mol. The Morgan fingerprint density at radius 2 is 1.82 bits per heavy atom. The van der Waals surface area contributed by atoms with Gasteiger partial charge in [0.15, 0.2) is 5.76 Å². The average Bonchev–Trinajstić information content (AvgIpc) is 3.03. The standard InChI is InChI=1S/C23H17FO4/c1-26-20-5-3-2-4-16(20)12-22-23(25)19-11-10-18(13-21(19)28-22)27-14-15-6-8-17(24)9-7-15/h2-13H,14H2,1H3. The van der Waals surface area contributed by atoms with Gasteiger partial charge in [0.1, 0.15) is 29.7 Å². The smallest absolute Gasteiger partial charge is 0.231 e. The number of halogens is 1. The lowest BCUT2D eigenvalue weighted by Crippen LogP contribution is -1.98. The second kappa shape index (κ2) is 7.56. The van der Waals surface area contributed by atoms with Gasteiger partial charge >= 0.3 is 0 Å². The van der Waals surface area contributed by atoms with Crippen LogP contribution in [0.4, 0.5) is 4.39 Å². The van der Waals surface area contributed by atoms with Crippen LogP contribution in [-0.2, 0) is 6.61 Å². The molecule has 0 fully saturated rings. The number of fused-ring (bicyclic) bond motifs is 1. The molecule has 0 aromatic heterocycles. The molecule has 0 atom stereocenters. The van der Waals surface area contributed by atoms with Crippen molar-refractivity contribution in [3.8, 4) is 17.2 Å². The molecule has 0 unspecified atom stereocenters. The lowest BCUT2D eigenvalue weighted by molar-refractivity contribution is 0.101. The molecule has 0 amide bonds. The van der Waals surface area contributed by atoms with E-state index in [1.807, 2.05) is 24.3 Å². The molecule has 1 heterocycles. The molecule has 0 saturated heterocycles. The van der Waals surface area contributed by atoms with Crippen molar-refractivity contribution in [1.29, 1.82) is 0 Å². The topological polar surface area (TPSA) is 44.8 Å². The lowest BCUT2D eigenvalue weighted by atomic mass is 10.1. The van der Waals surface area contributed by atoms with E-state index in [-0.39, 0.29) is 24.0 Å². The van der Waals surface area contributed by atoms with E-state index in [4.69, 9.17) is 14.2 Å². The molecule has 140 valence electrons. The molecule has 0 spiro atoms. The van der Waals surface area contributed by atoms with Gasteiger partial charge in [0.05, 0.1) is 12.7 Å². The molecule has 0 N–H and O–H groups in total. The fourth-order valence-electron chi connectivity index (χ4n) is 2.93. The van der Waals surface area contributed by atoms with Gasteiger partial charge in [0.2, 0.25) is 5.78 Å². The first kappa shape index (κ1) is 17.8. The molecule has 5 heteroatoms. The maximum Gasteiger partial charge on any atom is 0.231 e. The number of para-hydroxylation sites is 1. The number of methoxy groups -OCH3 is 1. The fraction of sp³-hybridized carbons (Fsp3) is 0.0870. The summed E-state index contributed by atoms with van der Waals surface area (Å²) < 4.78 is 29.8. The Kier molecular flexibility index (Phi) is 4.81. The van der Waals surface area contributed by atoms with E-state index in [9.17, 15) is 9.18 Å². The van der Waals surface area contributed by atoms with Gasteiger partial charge in [-0.25, -0.2) is 4.39 Å². The summed E-state index contributed by atoms with van der Waals surface area (Å²) in [7, 11) is 1.58. The minimum absolute atomic E-state index is 0.189. The Hall–Kier alpha value is -3.60. The molecular formula is C23H17FO4. The summed E-state index contributed by atoms with van der Waals surface area (Å²) in [5.41, 5.74) is 2.08. The van der Waals surface area contributed by atoms with Gasteiger partial charge in [-0.3, -0.25) is 4.79 Å². The van der Waals surface area contributed by atoms with Crippen LogP contribution in [0.1, 0.15) is 21.5 Å². The summed E-state index contributed by atoms with van der Waals surface area (Å²) >= 11 is 0. The van der Waals surface area contributed by atoms with Crippen LogP contribution in [0, 0.1) is 5.82 Å². The molecular weight excluding hydrogens is 359 g/mol. The lowest BCUT2D eigenvalue weighted by Gasteiger charge is -2.07. The van der Waals surface area contributed by atoms with Crippen LogP contribution in [0.15, 0.2) is 72.5 Å². The minimum atomic E-state index is -0.289. The summed E-state index contributed by atoms with van der Waals surface area (Å²) in [5.74, 6) is 1.42. The largest absolute Gasteiger partial charge is 0.496 e. The molecule has 3 aromatic carbocycles. The van der Waals surface area contributed by atoms with Crippen molar-refractivity contribution in [2.45, 2.75) is 6.61 Å². The second-order valence-corrected chi connectivity index (χ2v) is 6.25. The van der Waals surface area contributed by atoms with Gasteiger partial charge in [-0.1, -0.05) is 30.3 Å². The van der Waals surface area contributed by atoms with Crippen LogP contribution in [0.5, 0.6) is 17.2 Å². The van der Waals surface area contributed by atoms with Crippen LogP contribution >= 0.6 is 0 Å². The quantitative estimate of drug-likeness (QED) is 0.586. The van der Waals surface area contributed by atoms with E-state index in [0.717, 1.165) is 11.1 Å². The molecule has 0 saturated carbocycles. The average molecular weight is 376 g/mol. The van der Waals surface area contributed by atoms with E-state index < -0.39 is 0 Å². The SMILES string of the molecule is COc1ccccc1C=C1Oc2cc(OCc3ccc(F)cc3)ccc2C1=O. The van der Waals surface area contributed by atoms with Crippen LogP contribution in [-0.4, -0.2) is 12.9 Å². The number of benzene rings is 3. The zero-order chi connectivity index (χ0) is 19.5. The number of hydrogen-bond donors (Lipinski definition) is 0. The molecule has 4 rings (SSSR count). The summed E-state index contributed by atoms with van der Waals surface area (Å²) in [5, 5.41) is 0. The Labute approximate surface area is 161 Å². The third-order valence-electron chi connectivity index (χ3n) is 4.39. The first-order valence-corrected chi connectivity index (χ1v) is 8.72. The predicted molar refractivity (Wildman–Crippen MR) is 103 cm³/mol. The van der Waals surface area contributed by atoms with Gasteiger partial charge in [-0.2, -0.15) is 0 Å². The van der Waals surface area contributed by atoms with Crippen LogP contribution in [0.25, 0.3) is 6.08 Å². The van der Waals surface area contributed by atoms with Gasteiger partial charge in [-0.15, -0.1) is 0 Å². The molecule has 28 heavy (non-hydrogen) atoms. The maximum absolute atomic E-state index is 13.0. The van der Waals surface area contributed by atoms with Crippen molar-refractivity contribution in [1.82, 2.24) is 0 Å². The highest BCUT2D eigenvalue weighted by atomic mass is 19.1. The highest BCUT2D eigenvalue weighted by Crippen LogP contribution is 2.35. The number of carbonyl (C=O) groups is 1. The molecule has 0 aliphatic carbocycles. The Morgan fingerprint density at radius 1 is 1.04 bits per heavy atom. The van der Waals surface area contributed by atoms with E-state index in [0.29, 0.717) is 22.8 Å². The third kappa shape index (κ3) is 3.60. The summed E-state index contributed by atoms with van der Waals surface area (Å²) in [6.45, 7) is 0.289.